The Hall–Kier alpha value is -2.67. The molecule has 7 heteroatoms. The molecule has 0 bridgehead atoms. The van der Waals surface area contributed by atoms with Crippen LogP contribution in [0.5, 0.6) is 0 Å². The lowest BCUT2D eigenvalue weighted by molar-refractivity contribution is -0.129. The number of amides is 1. The summed E-state index contributed by atoms with van der Waals surface area (Å²) in [5.41, 5.74) is -0.108. The molecule has 0 aliphatic carbocycles. The van der Waals surface area contributed by atoms with E-state index in [0.29, 0.717) is 0 Å². The molecule has 0 radical (unpaired) electrons. The molecule has 0 aliphatic rings. The van der Waals surface area contributed by atoms with Gasteiger partial charge in [-0.3, -0.25) is 4.79 Å². The van der Waals surface area contributed by atoms with Crippen molar-refractivity contribution in [3.8, 4) is 12.1 Å². The van der Waals surface area contributed by atoms with Gasteiger partial charge in [-0.15, -0.1) is 0 Å². The van der Waals surface area contributed by atoms with Crippen LogP contribution in [0.2, 0.25) is 0 Å². The van der Waals surface area contributed by atoms with E-state index in [9.17, 15) is 13.6 Å². The summed E-state index contributed by atoms with van der Waals surface area (Å²) >= 11 is 0. The van der Waals surface area contributed by atoms with Gasteiger partial charge in [-0.1, -0.05) is 0 Å². The summed E-state index contributed by atoms with van der Waals surface area (Å²) in [4.78, 5) is 13.3. The number of hydrogen-bond donors (Lipinski definition) is 1. The van der Waals surface area contributed by atoms with Gasteiger partial charge in [0, 0.05) is 13.1 Å². The highest BCUT2D eigenvalue weighted by molar-refractivity contribution is 5.81. The summed E-state index contributed by atoms with van der Waals surface area (Å²) in [7, 11) is 0. The number of nitrogens with zero attached hydrogens (tertiary/aromatic N) is 3. The summed E-state index contributed by atoms with van der Waals surface area (Å²) < 4.78 is 26.4. The molecular formula is C14H14F2N4O. The molecule has 0 heterocycles. The Kier molecular flexibility index (Phi) is 6.62. The van der Waals surface area contributed by atoms with E-state index in [0.717, 1.165) is 18.2 Å². The monoisotopic (exact) mass is 292 g/mol. The van der Waals surface area contributed by atoms with Gasteiger partial charge < -0.3 is 10.2 Å². The lowest BCUT2D eigenvalue weighted by atomic mass is 10.3. The molecule has 5 nitrogen and oxygen atoms in total. The molecule has 1 rings (SSSR count). The fourth-order valence-electron chi connectivity index (χ4n) is 1.65. The van der Waals surface area contributed by atoms with Crippen LogP contribution in [0.25, 0.3) is 0 Å². The molecule has 0 aromatic heterocycles. The molecule has 0 atom stereocenters. The zero-order valence-electron chi connectivity index (χ0n) is 11.3. The van der Waals surface area contributed by atoms with Crippen LogP contribution in [0.1, 0.15) is 12.8 Å². The van der Waals surface area contributed by atoms with Gasteiger partial charge in [0.2, 0.25) is 5.91 Å². The van der Waals surface area contributed by atoms with Crippen molar-refractivity contribution >= 4 is 11.6 Å². The molecule has 0 fully saturated rings. The van der Waals surface area contributed by atoms with Crippen molar-refractivity contribution in [1.29, 1.82) is 10.5 Å². The number of carbonyl (C=O) groups excluding carboxylic acids is 1. The maximum atomic E-state index is 13.4. The second kappa shape index (κ2) is 8.49. The van der Waals surface area contributed by atoms with E-state index in [2.05, 4.69) is 5.32 Å². The summed E-state index contributed by atoms with van der Waals surface area (Å²) in [5, 5.41) is 19.6. The van der Waals surface area contributed by atoms with Crippen LogP contribution in [0.15, 0.2) is 18.2 Å². The molecule has 1 aromatic carbocycles. The quantitative estimate of drug-likeness (QED) is 0.834. The molecule has 0 saturated carbocycles. The standard InChI is InChI=1S/C14H14F2N4O/c15-11-3-4-12(16)13(9-11)19-10-14(21)20(7-1-5-17)8-2-6-18/h3-4,9,19H,1-2,7-8,10H2. The molecule has 0 aliphatic heterocycles. The molecule has 0 saturated heterocycles. The third kappa shape index (κ3) is 5.45. The first-order chi connectivity index (χ1) is 10.1. The zero-order valence-corrected chi connectivity index (χ0v) is 11.3. The van der Waals surface area contributed by atoms with Gasteiger partial charge in [-0.2, -0.15) is 10.5 Å². The number of benzene rings is 1. The summed E-state index contributed by atoms with van der Waals surface area (Å²) in [6, 6.07) is 6.73. The molecule has 1 N–H and O–H groups in total. The predicted molar refractivity (Wildman–Crippen MR) is 71.9 cm³/mol. The molecule has 110 valence electrons. The molecular weight excluding hydrogens is 278 g/mol. The number of rotatable bonds is 7. The molecule has 0 spiro atoms. The third-order valence-corrected chi connectivity index (χ3v) is 2.70. The number of nitriles is 2. The van der Waals surface area contributed by atoms with Gasteiger partial charge in [-0.25, -0.2) is 8.78 Å². The van der Waals surface area contributed by atoms with Crippen molar-refractivity contribution in [2.75, 3.05) is 25.0 Å². The fourth-order valence-corrected chi connectivity index (χ4v) is 1.65. The minimum atomic E-state index is -0.662. The first-order valence-corrected chi connectivity index (χ1v) is 6.29. The summed E-state index contributed by atoms with van der Waals surface area (Å²) in [6.45, 7) is 0.159. The van der Waals surface area contributed by atoms with Gasteiger partial charge in [0.25, 0.3) is 0 Å². The SMILES string of the molecule is N#CCCN(CCC#N)C(=O)CNc1cc(F)ccc1F. The van der Waals surface area contributed by atoms with Gasteiger partial charge in [0.15, 0.2) is 0 Å². The van der Waals surface area contributed by atoms with Crippen molar-refractivity contribution in [2.24, 2.45) is 0 Å². The minimum Gasteiger partial charge on any atom is -0.374 e. The van der Waals surface area contributed by atoms with Gasteiger partial charge in [0.05, 0.1) is 37.2 Å². The highest BCUT2D eigenvalue weighted by Gasteiger charge is 2.13. The van der Waals surface area contributed by atoms with Crippen molar-refractivity contribution in [3.05, 3.63) is 29.8 Å². The Morgan fingerprint density at radius 2 is 1.81 bits per heavy atom. The van der Waals surface area contributed by atoms with Crippen molar-refractivity contribution in [2.45, 2.75) is 12.8 Å². The van der Waals surface area contributed by atoms with E-state index < -0.39 is 11.6 Å². The van der Waals surface area contributed by atoms with Crippen LogP contribution < -0.4 is 5.32 Å². The normalized spacial score (nSPS) is 9.52. The summed E-state index contributed by atoms with van der Waals surface area (Å²) in [5.74, 6) is -1.66. The average molecular weight is 292 g/mol. The lowest BCUT2D eigenvalue weighted by Crippen LogP contribution is -2.37. The highest BCUT2D eigenvalue weighted by atomic mass is 19.1. The maximum Gasteiger partial charge on any atom is 0.241 e. The number of anilines is 1. The van der Waals surface area contributed by atoms with E-state index in [4.69, 9.17) is 10.5 Å². The Morgan fingerprint density at radius 3 is 2.38 bits per heavy atom. The maximum absolute atomic E-state index is 13.4. The first kappa shape index (κ1) is 16.4. The number of carbonyl (C=O) groups is 1. The van der Waals surface area contributed by atoms with Gasteiger partial charge in [0.1, 0.15) is 11.6 Å². The molecule has 1 amide bonds. The Bertz CT molecular complexity index is 559. The van der Waals surface area contributed by atoms with Gasteiger partial charge in [-0.05, 0) is 18.2 Å². The molecule has 1 aromatic rings. The predicted octanol–water partition coefficient (Wildman–Crippen LogP) is 2.03. The second-order valence-corrected chi connectivity index (χ2v) is 4.17. The largest absolute Gasteiger partial charge is 0.374 e. The lowest BCUT2D eigenvalue weighted by Gasteiger charge is -2.20. The second-order valence-electron chi connectivity index (χ2n) is 4.17. The zero-order chi connectivity index (χ0) is 15.7. The smallest absolute Gasteiger partial charge is 0.241 e. The fraction of sp³-hybridized carbons (Fsp3) is 0.357. The average Bonchev–Trinajstić information content (AvgIpc) is 2.48. The Morgan fingerprint density at radius 1 is 1.19 bits per heavy atom. The Labute approximate surface area is 121 Å². The minimum absolute atomic E-state index is 0.108. The van der Waals surface area contributed by atoms with Crippen molar-refractivity contribution < 1.29 is 13.6 Å². The van der Waals surface area contributed by atoms with Crippen LogP contribution in [0, 0.1) is 34.3 Å². The van der Waals surface area contributed by atoms with E-state index in [-0.39, 0.29) is 44.1 Å². The topological polar surface area (TPSA) is 79.9 Å². The van der Waals surface area contributed by atoms with Crippen LogP contribution in [0.4, 0.5) is 14.5 Å². The number of nitrogens with one attached hydrogen (secondary N) is 1. The van der Waals surface area contributed by atoms with E-state index in [1.165, 1.54) is 4.90 Å². The van der Waals surface area contributed by atoms with Gasteiger partial charge >= 0.3 is 0 Å². The number of hydrogen-bond acceptors (Lipinski definition) is 4. The van der Waals surface area contributed by atoms with Crippen molar-refractivity contribution in [3.63, 3.8) is 0 Å². The van der Waals surface area contributed by atoms with E-state index >= 15 is 0 Å². The summed E-state index contributed by atoms with van der Waals surface area (Å²) in [6.07, 6.45) is 0.289. The van der Waals surface area contributed by atoms with Crippen LogP contribution in [-0.2, 0) is 4.79 Å². The first-order valence-electron chi connectivity index (χ1n) is 6.29. The third-order valence-electron chi connectivity index (χ3n) is 2.70. The molecule has 0 unspecified atom stereocenters. The van der Waals surface area contributed by atoms with Crippen LogP contribution in [0.3, 0.4) is 0 Å². The van der Waals surface area contributed by atoms with E-state index in [1.54, 1.807) is 0 Å². The van der Waals surface area contributed by atoms with E-state index in [1.807, 2.05) is 12.1 Å². The van der Waals surface area contributed by atoms with Crippen molar-refractivity contribution in [1.82, 2.24) is 4.90 Å². The van der Waals surface area contributed by atoms with Crippen LogP contribution in [-0.4, -0.2) is 30.4 Å². The number of halogens is 2. The molecule has 21 heavy (non-hydrogen) atoms. The highest BCUT2D eigenvalue weighted by Crippen LogP contribution is 2.14. The van der Waals surface area contributed by atoms with Crippen LogP contribution >= 0.6 is 0 Å². The Balaban J connectivity index is 2.62.